The average Bonchev–Trinajstić information content (AvgIpc) is 2.42. The number of aliphatic hydroxyl groups excluding tert-OH is 1. The second-order valence-electron chi connectivity index (χ2n) is 4.18. The van der Waals surface area contributed by atoms with Crippen LogP contribution in [0.25, 0.3) is 6.08 Å². The van der Waals surface area contributed by atoms with Gasteiger partial charge < -0.3 is 20.3 Å². The van der Waals surface area contributed by atoms with Gasteiger partial charge in [-0.1, -0.05) is 12.1 Å². The van der Waals surface area contributed by atoms with Gasteiger partial charge in [0.15, 0.2) is 6.04 Å². The molecule has 0 aromatic heterocycles. The van der Waals surface area contributed by atoms with E-state index in [2.05, 4.69) is 5.32 Å². The van der Waals surface area contributed by atoms with Crippen LogP contribution in [0.15, 0.2) is 30.3 Å². The number of methoxy groups -OCH3 is 1. The lowest BCUT2D eigenvalue weighted by Crippen LogP contribution is -2.47. The molecule has 0 fully saturated rings. The molecule has 108 valence electrons. The average molecular weight is 279 g/mol. The van der Waals surface area contributed by atoms with Crippen LogP contribution in [-0.4, -0.2) is 41.3 Å². The Morgan fingerprint density at radius 3 is 2.65 bits per heavy atom. The zero-order valence-electron chi connectivity index (χ0n) is 11.2. The number of aliphatic carboxylic acids is 1. The monoisotopic (exact) mass is 279 g/mol. The minimum atomic E-state index is -1.34. The van der Waals surface area contributed by atoms with E-state index in [0.717, 1.165) is 5.56 Å². The lowest BCUT2D eigenvalue weighted by molar-refractivity contribution is -0.144. The Labute approximate surface area is 116 Å². The fraction of sp³-hybridized carbons (Fsp3) is 0.286. The van der Waals surface area contributed by atoms with E-state index in [4.69, 9.17) is 9.84 Å². The summed E-state index contributed by atoms with van der Waals surface area (Å²) < 4.78 is 5.04. The van der Waals surface area contributed by atoms with Crippen LogP contribution in [0.5, 0.6) is 5.75 Å². The molecule has 1 aromatic rings. The Bertz CT molecular complexity index is 510. The molecule has 0 radical (unpaired) electrons. The smallest absolute Gasteiger partial charge is 0.328 e. The zero-order valence-corrected chi connectivity index (χ0v) is 11.2. The second-order valence-corrected chi connectivity index (χ2v) is 4.18. The summed E-state index contributed by atoms with van der Waals surface area (Å²) in [5.74, 6) is -1.23. The van der Waals surface area contributed by atoms with Gasteiger partial charge in [-0.3, -0.25) is 4.79 Å². The number of nitrogens with one attached hydrogen (secondary N) is 1. The molecule has 1 rings (SSSR count). The molecule has 0 saturated carbocycles. The van der Waals surface area contributed by atoms with Crippen LogP contribution in [0.3, 0.4) is 0 Å². The van der Waals surface area contributed by atoms with Crippen molar-refractivity contribution in [2.75, 3.05) is 7.11 Å². The molecule has 6 nitrogen and oxygen atoms in total. The minimum absolute atomic E-state index is 0.596. The third kappa shape index (κ3) is 4.74. The number of carboxylic acid groups (broad SMARTS) is 1. The largest absolute Gasteiger partial charge is 0.497 e. The van der Waals surface area contributed by atoms with Crippen LogP contribution in [0.2, 0.25) is 0 Å². The Morgan fingerprint density at radius 1 is 1.40 bits per heavy atom. The number of hydrogen-bond acceptors (Lipinski definition) is 4. The topological polar surface area (TPSA) is 95.9 Å². The molecule has 3 N–H and O–H groups in total. The quantitative estimate of drug-likeness (QED) is 0.665. The van der Waals surface area contributed by atoms with E-state index in [1.165, 1.54) is 26.2 Å². The molecule has 0 aliphatic rings. The van der Waals surface area contributed by atoms with E-state index in [-0.39, 0.29) is 0 Å². The molecule has 0 aliphatic heterocycles. The molecular weight excluding hydrogens is 262 g/mol. The van der Waals surface area contributed by atoms with Gasteiger partial charge in [0.1, 0.15) is 5.75 Å². The summed E-state index contributed by atoms with van der Waals surface area (Å²) in [6.07, 6.45) is 1.55. The summed E-state index contributed by atoms with van der Waals surface area (Å²) in [6, 6.07) is 5.71. The number of rotatable bonds is 6. The first kappa shape index (κ1) is 15.7. The number of hydrogen-bond donors (Lipinski definition) is 3. The molecule has 0 heterocycles. The summed E-state index contributed by atoms with van der Waals surface area (Å²) in [5.41, 5.74) is 0.739. The highest BCUT2D eigenvalue weighted by molar-refractivity contribution is 5.94. The SMILES string of the molecule is COc1cccc(/C=C/C(=O)NC(C(=O)O)C(C)O)c1. The number of carbonyl (C=O) groups is 2. The van der Waals surface area contributed by atoms with Crippen molar-refractivity contribution in [1.29, 1.82) is 0 Å². The third-order valence-corrected chi connectivity index (χ3v) is 2.57. The number of ether oxygens (including phenoxy) is 1. The van der Waals surface area contributed by atoms with E-state index in [1.54, 1.807) is 24.3 Å². The van der Waals surface area contributed by atoms with Crippen molar-refractivity contribution in [3.63, 3.8) is 0 Å². The van der Waals surface area contributed by atoms with Gasteiger partial charge in [0, 0.05) is 6.08 Å². The van der Waals surface area contributed by atoms with Crippen molar-refractivity contribution in [2.45, 2.75) is 19.1 Å². The molecule has 2 atom stereocenters. The van der Waals surface area contributed by atoms with Gasteiger partial charge in [-0.05, 0) is 30.7 Å². The van der Waals surface area contributed by atoms with Gasteiger partial charge in [-0.15, -0.1) is 0 Å². The van der Waals surface area contributed by atoms with Crippen LogP contribution in [0.1, 0.15) is 12.5 Å². The van der Waals surface area contributed by atoms with Gasteiger partial charge in [0.2, 0.25) is 5.91 Å². The van der Waals surface area contributed by atoms with E-state index in [1.807, 2.05) is 0 Å². The lowest BCUT2D eigenvalue weighted by atomic mass is 10.1. The first-order chi connectivity index (χ1) is 9.43. The molecule has 1 aromatic carbocycles. The highest BCUT2D eigenvalue weighted by Gasteiger charge is 2.23. The number of benzene rings is 1. The van der Waals surface area contributed by atoms with Gasteiger partial charge in [-0.25, -0.2) is 4.79 Å². The van der Waals surface area contributed by atoms with Crippen LogP contribution in [-0.2, 0) is 9.59 Å². The Morgan fingerprint density at radius 2 is 2.10 bits per heavy atom. The molecule has 0 spiro atoms. The maximum absolute atomic E-state index is 11.6. The highest BCUT2D eigenvalue weighted by Crippen LogP contribution is 2.13. The van der Waals surface area contributed by atoms with Gasteiger partial charge >= 0.3 is 5.97 Å². The molecule has 20 heavy (non-hydrogen) atoms. The second kappa shape index (κ2) is 7.30. The van der Waals surface area contributed by atoms with Crippen molar-refractivity contribution >= 4 is 18.0 Å². The van der Waals surface area contributed by atoms with Crippen LogP contribution < -0.4 is 10.1 Å². The molecule has 0 aliphatic carbocycles. The summed E-state index contributed by atoms with van der Waals surface area (Å²) >= 11 is 0. The van der Waals surface area contributed by atoms with E-state index in [9.17, 15) is 14.7 Å². The van der Waals surface area contributed by atoms with Crippen molar-refractivity contribution in [1.82, 2.24) is 5.32 Å². The van der Waals surface area contributed by atoms with Gasteiger partial charge in [-0.2, -0.15) is 0 Å². The van der Waals surface area contributed by atoms with E-state index in [0.29, 0.717) is 5.75 Å². The number of carboxylic acids is 1. The highest BCUT2D eigenvalue weighted by atomic mass is 16.5. The third-order valence-electron chi connectivity index (χ3n) is 2.57. The molecule has 6 heteroatoms. The predicted molar refractivity (Wildman–Crippen MR) is 73.3 cm³/mol. The maximum atomic E-state index is 11.6. The fourth-order valence-corrected chi connectivity index (χ4v) is 1.51. The summed E-state index contributed by atoms with van der Waals surface area (Å²) in [4.78, 5) is 22.4. The minimum Gasteiger partial charge on any atom is -0.497 e. The zero-order chi connectivity index (χ0) is 15.1. The lowest BCUT2D eigenvalue weighted by Gasteiger charge is -2.15. The molecular formula is C14H17NO5. The van der Waals surface area contributed by atoms with Crippen molar-refractivity contribution in [3.8, 4) is 5.75 Å². The summed E-state index contributed by atoms with van der Waals surface area (Å²) in [5, 5.41) is 20.3. The molecule has 2 unspecified atom stereocenters. The van der Waals surface area contributed by atoms with Gasteiger partial charge in [0.05, 0.1) is 13.2 Å². The first-order valence-corrected chi connectivity index (χ1v) is 5.97. The number of amides is 1. The van der Waals surface area contributed by atoms with E-state index < -0.39 is 24.0 Å². The Hall–Kier alpha value is -2.34. The van der Waals surface area contributed by atoms with Crippen molar-refractivity contribution in [2.24, 2.45) is 0 Å². The van der Waals surface area contributed by atoms with E-state index >= 15 is 0 Å². The van der Waals surface area contributed by atoms with Crippen LogP contribution >= 0.6 is 0 Å². The number of aliphatic hydroxyl groups is 1. The molecule has 0 saturated heterocycles. The molecule has 1 amide bonds. The normalized spacial score (nSPS) is 13.8. The summed E-state index contributed by atoms with van der Waals surface area (Å²) in [7, 11) is 1.54. The fourth-order valence-electron chi connectivity index (χ4n) is 1.51. The Balaban J connectivity index is 2.69. The predicted octanol–water partition coefficient (Wildman–Crippen LogP) is 0.659. The van der Waals surface area contributed by atoms with Crippen molar-refractivity contribution in [3.05, 3.63) is 35.9 Å². The first-order valence-electron chi connectivity index (χ1n) is 5.97. The molecule has 0 bridgehead atoms. The Kier molecular flexibility index (Phi) is 5.74. The standard InChI is InChI=1S/C14H17NO5/c1-9(16)13(14(18)19)15-12(17)7-6-10-4-3-5-11(8-10)20-2/h3-9,13,16H,1-2H3,(H,15,17)(H,18,19)/b7-6+. The summed E-state index contributed by atoms with van der Waals surface area (Å²) in [6.45, 7) is 1.30. The number of carbonyl (C=O) groups excluding carboxylic acids is 1. The maximum Gasteiger partial charge on any atom is 0.328 e. The van der Waals surface area contributed by atoms with Gasteiger partial charge in [0.25, 0.3) is 0 Å². The van der Waals surface area contributed by atoms with Crippen LogP contribution in [0.4, 0.5) is 0 Å². The van der Waals surface area contributed by atoms with Crippen LogP contribution in [0, 0.1) is 0 Å². The van der Waals surface area contributed by atoms with Crippen molar-refractivity contribution < 1.29 is 24.5 Å².